The van der Waals surface area contributed by atoms with Crippen LogP contribution in [0.15, 0.2) is 24.3 Å². The van der Waals surface area contributed by atoms with Crippen molar-refractivity contribution in [3.05, 3.63) is 24.3 Å². The quantitative estimate of drug-likeness (QED) is 0.170. The van der Waals surface area contributed by atoms with Crippen molar-refractivity contribution in [3.63, 3.8) is 0 Å². The summed E-state index contributed by atoms with van der Waals surface area (Å²) in [5, 5.41) is 0. The minimum atomic E-state index is -0.557. The predicted octanol–water partition coefficient (Wildman–Crippen LogP) is 4.19. The summed E-state index contributed by atoms with van der Waals surface area (Å²) in [7, 11) is 6.34. The van der Waals surface area contributed by atoms with Gasteiger partial charge in [0.25, 0.3) is 0 Å². The lowest BCUT2D eigenvalue weighted by Crippen LogP contribution is -2.30. The van der Waals surface area contributed by atoms with Gasteiger partial charge in [0, 0.05) is 34.2 Å². The Morgan fingerprint density at radius 3 is 1.73 bits per heavy atom. The molecule has 3 atom stereocenters. The van der Waals surface area contributed by atoms with Gasteiger partial charge in [0.1, 0.15) is 38.5 Å². The van der Waals surface area contributed by atoms with Gasteiger partial charge < -0.3 is 42.6 Å². The van der Waals surface area contributed by atoms with E-state index >= 15 is 0 Å². The fraction of sp³-hybridized carbons (Fsp3) is 0.741. The van der Waals surface area contributed by atoms with Gasteiger partial charge in [-0.2, -0.15) is 0 Å². The van der Waals surface area contributed by atoms with Crippen molar-refractivity contribution in [2.75, 3.05) is 62.0 Å². The first-order valence-electron chi connectivity index (χ1n) is 12.5. The van der Waals surface area contributed by atoms with Crippen LogP contribution in [0, 0.1) is 5.41 Å². The van der Waals surface area contributed by atoms with E-state index in [0.29, 0.717) is 32.3 Å². The molecule has 1 aromatic rings. The van der Waals surface area contributed by atoms with Gasteiger partial charge in [0.05, 0.1) is 37.4 Å². The van der Waals surface area contributed by atoms with Crippen LogP contribution in [-0.2, 0) is 38.0 Å². The molecule has 10 heteroatoms. The summed E-state index contributed by atoms with van der Waals surface area (Å²) in [6.45, 7) is 6.49. The molecule has 0 saturated carbocycles. The Hall–Kier alpha value is -1.95. The first-order valence-corrected chi connectivity index (χ1v) is 12.5. The minimum Gasteiger partial charge on any atom is -0.497 e. The highest BCUT2D eigenvalue weighted by molar-refractivity contribution is 5.75. The molecular weight excluding hydrogens is 484 g/mol. The molecular formula is C27H46O10. The number of carbonyl (C=O) groups excluding carboxylic acids is 1. The van der Waals surface area contributed by atoms with E-state index in [-0.39, 0.29) is 51.3 Å². The van der Waals surface area contributed by atoms with E-state index in [1.807, 2.05) is 45.0 Å². The van der Waals surface area contributed by atoms with Crippen LogP contribution in [0.1, 0.15) is 46.5 Å². The summed E-state index contributed by atoms with van der Waals surface area (Å²) in [6.07, 6.45) is 1.76. The Morgan fingerprint density at radius 1 is 0.730 bits per heavy atom. The van der Waals surface area contributed by atoms with Crippen LogP contribution < -0.4 is 9.47 Å². The van der Waals surface area contributed by atoms with E-state index < -0.39 is 5.41 Å². The zero-order chi connectivity index (χ0) is 27.5. The second kappa shape index (κ2) is 19.2. The number of benzene rings is 1. The van der Waals surface area contributed by atoms with Gasteiger partial charge in [-0.1, -0.05) is 0 Å². The molecule has 0 aliphatic rings. The van der Waals surface area contributed by atoms with E-state index in [1.165, 1.54) is 0 Å². The number of hydrogen-bond acceptors (Lipinski definition) is 10. The molecule has 0 amide bonds. The van der Waals surface area contributed by atoms with Crippen molar-refractivity contribution < 1.29 is 47.4 Å². The Balaban J connectivity index is 2.72. The lowest BCUT2D eigenvalue weighted by atomic mass is 9.97. The standard InChI is InChI=1S/C27H46O10/c1-27(2,3)26(28)33-15-14-24(36-19-30-5)16-23(35-18-29-4)12-13-25(37-20-31-6)17-34-22-10-8-21(32-7)9-11-22/h8-11,23-25H,12-20H2,1-7H3/t23-,24+,25-/m1/s1. The van der Waals surface area contributed by atoms with Gasteiger partial charge in [0.2, 0.25) is 0 Å². The van der Waals surface area contributed by atoms with Crippen molar-refractivity contribution in [3.8, 4) is 11.5 Å². The molecule has 0 aliphatic carbocycles. The molecule has 0 fully saturated rings. The van der Waals surface area contributed by atoms with Gasteiger partial charge >= 0.3 is 5.97 Å². The van der Waals surface area contributed by atoms with E-state index in [1.54, 1.807) is 28.4 Å². The number of esters is 1. The molecule has 0 aromatic heterocycles. The summed E-state index contributed by atoms with van der Waals surface area (Å²) < 4.78 is 49.5. The number of rotatable bonds is 21. The maximum Gasteiger partial charge on any atom is 0.311 e. The molecule has 0 heterocycles. The van der Waals surface area contributed by atoms with Crippen LogP contribution >= 0.6 is 0 Å². The summed E-state index contributed by atoms with van der Waals surface area (Å²) in [6, 6.07) is 7.38. The Bertz CT molecular complexity index is 704. The number of ether oxygens (including phenoxy) is 9. The molecule has 0 unspecified atom stereocenters. The van der Waals surface area contributed by atoms with Crippen LogP contribution in [0.4, 0.5) is 0 Å². The fourth-order valence-corrected chi connectivity index (χ4v) is 3.27. The van der Waals surface area contributed by atoms with Crippen molar-refractivity contribution in [2.24, 2.45) is 5.41 Å². The highest BCUT2D eigenvalue weighted by Crippen LogP contribution is 2.21. The minimum absolute atomic E-state index is 0.129. The zero-order valence-electron chi connectivity index (χ0n) is 23.5. The molecule has 0 saturated heterocycles. The molecule has 0 spiro atoms. The molecule has 214 valence electrons. The Labute approximate surface area is 221 Å². The molecule has 1 rings (SSSR count). The first kappa shape index (κ1) is 33.1. The van der Waals surface area contributed by atoms with Crippen molar-refractivity contribution in [2.45, 2.75) is 64.8 Å². The van der Waals surface area contributed by atoms with Gasteiger partial charge in [-0.3, -0.25) is 4.79 Å². The van der Waals surface area contributed by atoms with Gasteiger partial charge in [0.15, 0.2) is 0 Å². The lowest BCUT2D eigenvalue weighted by Gasteiger charge is -2.26. The fourth-order valence-electron chi connectivity index (χ4n) is 3.27. The second-order valence-electron chi connectivity index (χ2n) is 9.56. The van der Waals surface area contributed by atoms with Crippen LogP contribution in [0.2, 0.25) is 0 Å². The number of carbonyl (C=O) groups is 1. The summed E-state index contributed by atoms with van der Waals surface area (Å²) in [4.78, 5) is 12.1. The zero-order valence-corrected chi connectivity index (χ0v) is 23.5. The normalized spacial score (nSPS) is 14.1. The Morgan fingerprint density at radius 2 is 1.22 bits per heavy atom. The van der Waals surface area contributed by atoms with Crippen molar-refractivity contribution in [1.29, 1.82) is 0 Å². The highest BCUT2D eigenvalue weighted by Gasteiger charge is 2.25. The second-order valence-corrected chi connectivity index (χ2v) is 9.56. The Kier molecular flexibility index (Phi) is 17.1. The molecule has 0 radical (unpaired) electrons. The summed E-state index contributed by atoms with van der Waals surface area (Å²) in [5.74, 6) is 1.23. The summed E-state index contributed by atoms with van der Waals surface area (Å²) >= 11 is 0. The van der Waals surface area contributed by atoms with Gasteiger partial charge in [-0.15, -0.1) is 0 Å². The molecule has 0 bridgehead atoms. The third kappa shape index (κ3) is 15.1. The van der Waals surface area contributed by atoms with Crippen LogP contribution in [0.25, 0.3) is 0 Å². The predicted molar refractivity (Wildman–Crippen MR) is 138 cm³/mol. The van der Waals surface area contributed by atoms with Crippen molar-refractivity contribution >= 4 is 5.97 Å². The van der Waals surface area contributed by atoms with Crippen LogP contribution in [0.5, 0.6) is 11.5 Å². The average molecular weight is 531 g/mol. The van der Waals surface area contributed by atoms with Gasteiger partial charge in [-0.25, -0.2) is 0 Å². The lowest BCUT2D eigenvalue weighted by molar-refractivity contribution is -0.155. The molecule has 0 N–H and O–H groups in total. The molecule has 0 aliphatic heterocycles. The molecule has 37 heavy (non-hydrogen) atoms. The molecule has 10 nitrogen and oxygen atoms in total. The van der Waals surface area contributed by atoms with Crippen molar-refractivity contribution in [1.82, 2.24) is 0 Å². The molecule has 1 aromatic carbocycles. The van der Waals surface area contributed by atoms with Crippen LogP contribution in [0.3, 0.4) is 0 Å². The maximum atomic E-state index is 12.1. The number of methoxy groups -OCH3 is 4. The third-order valence-electron chi connectivity index (χ3n) is 5.38. The summed E-state index contributed by atoms with van der Waals surface area (Å²) in [5.41, 5.74) is -0.557. The van der Waals surface area contributed by atoms with Gasteiger partial charge in [-0.05, 0) is 57.9 Å². The van der Waals surface area contributed by atoms with E-state index in [2.05, 4.69) is 0 Å². The largest absolute Gasteiger partial charge is 0.497 e. The SMILES string of the molecule is COCO[C@H](CC[C@H](C[C@H](CCOC(=O)C(C)(C)C)OCOC)OCOC)COc1ccc(OC)cc1. The first-order chi connectivity index (χ1) is 17.7. The topological polar surface area (TPSA) is 100 Å². The van der Waals surface area contributed by atoms with Crippen LogP contribution in [-0.4, -0.2) is 86.3 Å². The average Bonchev–Trinajstić information content (AvgIpc) is 2.88. The van der Waals surface area contributed by atoms with E-state index in [4.69, 9.17) is 42.6 Å². The van der Waals surface area contributed by atoms with E-state index in [0.717, 1.165) is 11.5 Å². The van der Waals surface area contributed by atoms with E-state index in [9.17, 15) is 4.79 Å². The smallest absolute Gasteiger partial charge is 0.311 e. The maximum absolute atomic E-state index is 12.1. The third-order valence-corrected chi connectivity index (χ3v) is 5.38. The highest BCUT2D eigenvalue weighted by atomic mass is 16.7. The number of hydrogen-bond donors (Lipinski definition) is 0. The monoisotopic (exact) mass is 530 g/mol.